The molecule has 0 radical (unpaired) electrons. The fourth-order valence-corrected chi connectivity index (χ4v) is 5.59. The third-order valence-electron chi connectivity index (χ3n) is 7.00. The van der Waals surface area contributed by atoms with E-state index in [0.717, 1.165) is 65.9 Å². The third-order valence-corrected chi connectivity index (χ3v) is 7.00. The maximum absolute atomic E-state index is 11.7. The van der Waals surface area contributed by atoms with Crippen LogP contribution >= 0.6 is 0 Å². The Hall–Kier alpha value is -3.21. The van der Waals surface area contributed by atoms with E-state index in [2.05, 4.69) is 43.6 Å². The van der Waals surface area contributed by atoms with Crippen molar-refractivity contribution >= 4 is 22.7 Å². The number of carboxylic acids is 1. The first-order valence-electron chi connectivity index (χ1n) is 11.6. The zero-order valence-corrected chi connectivity index (χ0v) is 18.9. The molecule has 5 nitrogen and oxygen atoms in total. The van der Waals surface area contributed by atoms with Gasteiger partial charge in [0.15, 0.2) is 5.65 Å². The summed E-state index contributed by atoms with van der Waals surface area (Å²) in [6.45, 7) is 6.34. The van der Waals surface area contributed by atoms with Crippen LogP contribution in [0.1, 0.15) is 71.7 Å². The molecule has 0 aliphatic heterocycles. The molecule has 2 heterocycles. The fourth-order valence-electron chi connectivity index (χ4n) is 5.59. The topological polar surface area (TPSA) is 68.0 Å². The number of nitrogens with zero attached hydrogens (tertiary/aromatic N) is 3. The van der Waals surface area contributed by atoms with Crippen molar-refractivity contribution in [3.05, 3.63) is 76.3 Å². The van der Waals surface area contributed by atoms with E-state index >= 15 is 0 Å². The number of hydrogen-bond donors (Lipinski definition) is 1. The van der Waals surface area contributed by atoms with Gasteiger partial charge in [-0.3, -0.25) is 0 Å². The predicted octanol–water partition coefficient (Wildman–Crippen LogP) is 6.06. The lowest BCUT2D eigenvalue weighted by Crippen LogP contribution is -2.27. The summed E-state index contributed by atoms with van der Waals surface area (Å²) in [5.41, 5.74) is 7.87. The number of hydrogen-bond acceptors (Lipinski definition) is 3. The Morgan fingerprint density at radius 2 is 2.03 bits per heavy atom. The van der Waals surface area contributed by atoms with E-state index in [9.17, 15) is 9.90 Å². The molecule has 0 spiro atoms. The molecule has 2 aromatic heterocycles. The Morgan fingerprint density at radius 1 is 1.22 bits per heavy atom. The molecule has 3 aromatic rings. The maximum atomic E-state index is 11.7. The smallest absolute Gasteiger partial charge is 0.336 e. The van der Waals surface area contributed by atoms with Gasteiger partial charge >= 0.3 is 5.97 Å². The second kappa shape index (κ2) is 8.05. The Balaban J connectivity index is 1.56. The summed E-state index contributed by atoms with van der Waals surface area (Å²) < 4.78 is 2.41. The number of aryl methyl sites for hydroxylation is 3. The van der Waals surface area contributed by atoms with Gasteiger partial charge in [0, 0.05) is 24.1 Å². The molecular weight excluding hydrogens is 398 g/mol. The first-order chi connectivity index (χ1) is 15.5. The van der Waals surface area contributed by atoms with E-state index < -0.39 is 5.97 Å². The maximum Gasteiger partial charge on any atom is 0.336 e. The van der Waals surface area contributed by atoms with Crippen LogP contribution in [0.5, 0.6) is 0 Å². The Kier molecular flexibility index (Phi) is 5.20. The molecule has 2 atom stereocenters. The molecule has 32 heavy (non-hydrogen) atoms. The first-order valence-corrected chi connectivity index (χ1v) is 11.6. The van der Waals surface area contributed by atoms with Gasteiger partial charge in [-0.15, -0.1) is 0 Å². The number of imidazole rings is 1. The first kappa shape index (κ1) is 20.7. The van der Waals surface area contributed by atoms with Gasteiger partial charge in [0.25, 0.3) is 0 Å². The van der Waals surface area contributed by atoms with Crippen LogP contribution < -0.4 is 0 Å². The molecule has 1 aromatic carbocycles. The Bertz CT molecular complexity index is 1280. The number of rotatable bonds is 4. The van der Waals surface area contributed by atoms with Crippen molar-refractivity contribution < 1.29 is 9.90 Å². The van der Waals surface area contributed by atoms with Gasteiger partial charge in [0.1, 0.15) is 11.3 Å². The van der Waals surface area contributed by atoms with E-state index in [4.69, 9.17) is 9.97 Å². The second-order valence-electron chi connectivity index (χ2n) is 9.04. The normalized spacial score (nSPS) is 20.6. The third kappa shape index (κ3) is 3.36. The van der Waals surface area contributed by atoms with Crippen LogP contribution in [-0.4, -0.2) is 25.6 Å². The summed E-state index contributed by atoms with van der Waals surface area (Å²) in [4.78, 5) is 21.6. The fraction of sp³-hybridized carbons (Fsp3) is 0.370. The van der Waals surface area contributed by atoms with Crippen LogP contribution in [0.2, 0.25) is 0 Å². The van der Waals surface area contributed by atoms with Crippen LogP contribution in [0.4, 0.5) is 0 Å². The van der Waals surface area contributed by atoms with Crippen molar-refractivity contribution in [1.82, 2.24) is 14.5 Å². The van der Waals surface area contributed by atoms with Gasteiger partial charge in [-0.05, 0) is 68.4 Å². The number of aromatic carboxylic acids is 1. The summed E-state index contributed by atoms with van der Waals surface area (Å²) in [6.07, 6.45) is 9.56. The van der Waals surface area contributed by atoms with Crippen molar-refractivity contribution in [3.8, 4) is 0 Å². The van der Waals surface area contributed by atoms with Crippen LogP contribution in [0.3, 0.4) is 0 Å². The Labute approximate surface area is 188 Å². The average molecular weight is 428 g/mol. The minimum absolute atomic E-state index is 0.330. The number of allylic oxidation sites excluding steroid dienone is 4. The average Bonchev–Trinajstić information content (AvgIpc) is 3.17. The van der Waals surface area contributed by atoms with Crippen molar-refractivity contribution in [1.29, 1.82) is 0 Å². The molecule has 1 fully saturated rings. The molecule has 2 unspecified atom stereocenters. The molecule has 0 saturated heterocycles. The highest BCUT2D eigenvalue weighted by molar-refractivity contribution is 5.96. The molecule has 2 aliphatic carbocycles. The lowest BCUT2D eigenvalue weighted by Gasteiger charge is -2.37. The summed E-state index contributed by atoms with van der Waals surface area (Å²) >= 11 is 0. The minimum atomic E-state index is -0.877. The minimum Gasteiger partial charge on any atom is -0.478 e. The van der Waals surface area contributed by atoms with Crippen molar-refractivity contribution in [2.75, 3.05) is 0 Å². The number of fused-ring (bicyclic) bond motifs is 2. The number of aromatic nitrogens is 3. The summed E-state index contributed by atoms with van der Waals surface area (Å²) in [6, 6.07) is 9.75. The van der Waals surface area contributed by atoms with Crippen LogP contribution in [0.25, 0.3) is 16.7 Å². The number of pyridine rings is 1. The van der Waals surface area contributed by atoms with E-state index in [1.54, 1.807) is 12.1 Å². The molecule has 0 bridgehead atoms. The van der Waals surface area contributed by atoms with Gasteiger partial charge in [-0.2, -0.15) is 0 Å². The van der Waals surface area contributed by atoms with Gasteiger partial charge < -0.3 is 9.67 Å². The SMILES string of the molecule is CCc1nc2c(C)cc(C)nc2n1C1CCCC2=CC(c3ccccc3C(=O)O)=CCC21. The Morgan fingerprint density at radius 3 is 2.81 bits per heavy atom. The molecule has 5 heteroatoms. The lowest BCUT2D eigenvalue weighted by molar-refractivity contribution is 0.0696. The van der Waals surface area contributed by atoms with E-state index in [1.165, 1.54) is 11.1 Å². The van der Waals surface area contributed by atoms with E-state index in [-0.39, 0.29) is 0 Å². The number of benzene rings is 1. The molecule has 1 N–H and O–H groups in total. The van der Waals surface area contributed by atoms with Crippen molar-refractivity contribution in [2.45, 2.75) is 58.9 Å². The number of carboxylic acid groups (broad SMARTS) is 1. The zero-order chi connectivity index (χ0) is 22.4. The van der Waals surface area contributed by atoms with E-state index in [0.29, 0.717) is 17.5 Å². The highest BCUT2D eigenvalue weighted by Gasteiger charge is 2.34. The molecule has 164 valence electrons. The van der Waals surface area contributed by atoms with Crippen molar-refractivity contribution in [2.24, 2.45) is 5.92 Å². The molecular formula is C27H29N3O2. The molecule has 2 aliphatic rings. The zero-order valence-electron chi connectivity index (χ0n) is 18.9. The van der Waals surface area contributed by atoms with Gasteiger partial charge in [-0.1, -0.05) is 42.8 Å². The van der Waals surface area contributed by atoms with Crippen molar-refractivity contribution in [3.63, 3.8) is 0 Å². The second-order valence-corrected chi connectivity index (χ2v) is 9.04. The summed E-state index contributed by atoms with van der Waals surface area (Å²) in [7, 11) is 0. The monoisotopic (exact) mass is 427 g/mol. The lowest BCUT2D eigenvalue weighted by atomic mass is 9.74. The van der Waals surface area contributed by atoms with E-state index in [1.807, 2.05) is 12.1 Å². The quantitative estimate of drug-likeness (QED) is 0.549. The predicted molar refractivity (Wildman–Crippen MR) is 127 cm³/mol. The van der Waals surface area contributed by atoms with Gasteiger partial charge in [0.05, 0.1) is 5.56 Å². The largest absolute Gasteiger partial charge is 0.478 e. The van der Waals surface area contributed by atoms with Crippen LogP contribution in [0, 0.1) is 19.8 Å². The highest BCUT2D eigenvalue weighted by Crippen LogP contribution is 2.46. The van der Waals surface area contributed by atoms with Crippen LogP contribution in [0.15, 0.2) is 48.1 Å². The standard InChI is InChI=1S/C27H29N3O2/c1-4-24-29-25-16(2)14-17(3)28-26(25)30(24)23-11-7-8-18-15-19(12-13-21(18)23)20-9-5-6-10-22(20)27(31)32/h5-6,9-10,12,14-15,21,23H,4,7-8,11,13H2,1-3H3,(H,31,32). The van der Waals surface area contributed by atoms with Crippen LogP contribution in [-0.2, 0) is 6.42 Å². The summed E-state index contributed by atoms with van der Waals surface area (Å²) in [5, 5.41) is 9.63. The highest BCUT2D eigenvalue weighted by atomic mass is 16.4. The number of carbonyl (C=O) groups is 1. The molecule has 1 saturated carbocycles. The summed E-state index contributed by atoms with van der Waals surface area (Å²) in [5.74, 6) is 0.631. The molecule has 5 rings (SSSR count). The van der Waals surface area contributed by atoms with Gasteiger partial charge in [-0.25, -0.2) is 14.8 Å². The van der Waals surface area contributed by atoms with Gasteiger partial charge in [0.2, 0.25) is 0 Å². The molecule has 0 amide bonds.